The van der Waals surface area contributed by atoms with Gasteiger partial charge in [0.2, 0.25) is 11.8 Å². The summed E-state index contributed by atoms with van der Waals surface area (Å²) in [5.74, 6) is -3.90. The number of nitrogens with zero attached hydrogens (tertiary/aromatic N) is 1. The van der Waals surface area contributed by atoms with Crippen LogP contribution in [0.1, 0.15) is 29.7 Å². The minimum atomic E-state index is -1.24. The first kappa shape index (κ1) is 30.4. The highest BCUT2D eigenvalue weighted by molar-refractivity contribution is 9.10. The fourth-order valence-electron chi connectivity index (χ4n) is 8.44. The van der Waals surface area contributed by atoms with Crippen molar-refractivity contribution in [3.8, 4) is 5.75 Å². The number of carbonyl (C=O) groups excluding carboxylic acids is 3. The van der Waals surface area contributed by atoms with Gasteiger partial charge in [-0.1, -0.05) is 63.7 Å². The molecule has 0 spiro atoms. The average molecular weight is 735 g/mol. The van der Waals surface area contributed by atoms with Crippen molar-refractivity contribution in [3.63, 3.8) is 0 Å². The number of aromatic amines is 1. The van der Waals surface area contributed by atoms with Gasteiger partial charge < -0.3 is 20.1 Å². The lowest BCUT2D eigenvalue weighted by atomic mass is 9.68. The van der Waals surface area contributed by atoms with Crippen LogP contribution in [-0.2, 0) is 19.2 Å². The van der Waals surface area contributed by atoms with Crippen molar-refractivity contribution in [1.82, 2.24) is 9.88 Å². The van der Waals surface area contributed by atoms with Gasteiger partial charge in [-0.3, -0.25) is 24.1 Å². The van der Waals surface area contributed by atoms with E-state index in [1.54, 1.807) is 17.8 Å². The van der Waals surface area contributed by atoms with Crippen LogP contribution in [0.5, 0.6) is 5.75 Å². The maximum atomic E-state index is 13.7. The van der Waals surface area contributed by atoms with Gasteiger partial charge in [0.25, 0.3) is 5.91 Å². The van der Waals surface area contributed by atoms with E-state index >= 15 is 0 Å². The Kier molecular flexibility index (Phi) is 7.34. The summed E-state index contributed by atoms with van der Waals surface area (Å²) in [5, 5.41) is 15.2. The van der Waals surface area contributed by atoms with E-state index in [-0.39, 0.29) is 46.3 Å². The number of hydrogen-bond donors (Lipinski definition) is 3. The standard InChI is InChI=1S/C34H28BrN3O7S2/c1-14(33(42)43)38-31(40)26-19-12-20(27(26)32(38)41)28-25(19)24(29-30(46-28)37-34(44)47-29)18-11-16(35)9-10-22(18)45-13-23(39)36-21-8-4-6-15-5-2-3-7-17(15)21/h2-11,14,19-20,24-28H,12-13H2,1H3,(H,36,39)(H,37,44)(H,42,43)/t14?,19?,20?,24-,25?,26?,27?,28?/m1/s1. The van der Waals surface area contributed by atoms with Gasteiger partial charge in [0.15, 0.2) is 6.61 Å². The molecule has 3 fully saturated rings. The number of anilines is 1. The fourth-order valence-corrected chi connectivity index (χ4v) is 11.7. The topological polar surface area (TPSA) is 146 Å². The first-order chi connectivity index (χ1) is 22.6. The Morgan fingerprint density at radius 1 is 1.06 bits per heavy atom. The van der Waals surface area contributed by atoms with Crippen molar-refractivity contribution in [1.29, 1.82) is 0 Å². The highest BCUT2D eigenvalue weighted by Crippen LogP contribution is 2.69. The van der Waals surface area contributed by atoms with Crippen LogP contribution in [0.15, 0.2) is 75.0 Å². The second kappa shape index (κ2) is 11.3. The number of carboxylic acid groups (broad SMARTS) is 1. The average Bonchev–Trinajstić information content (AvgIpc) is 3.79. The molecule has 13 heteroatoms. The summed E-state index contributed by atoms with van der Waals surface area (Å²) in [4.78, 5) is 69.6. The lowest BCUT2D eigenvalue weighted by Gasteiger charge is -2.43. The number of carbonyl (C=O) groups is 4. The molecule has 2 bridgehead atoms. The summed E-state index contributed by atoms with van der Waals surface area (Å²) < 4.78 is 7.01. The van der Waals surface area contributed by atoms with E-state index in [2.05, 4.69) is 26.2 Å². The van der Waals surface area contributed by atoms with E-state index in [9.17, 15) is 29.1 Å². The van der Waals surface area contributed by atoms with Gasteiger partial charge in [-0.05, 0) is 60.7 Å². The third-order valence-corrected chi connectivity index (χ3v) is 13.3. The van der Waals surface area contributed by atoms with E-state index in [0.29, 0.717) is 17.9 Å². The normalized spacial score (nSPS) is 27.8. The number of thiazole rings is 1. The summed E-state index contributed by atoms with van der Waals surface area (Å²) in [5.41, 5.74) is 1.46. The van der Waals surface area contributed by atoms with Crippen molar-refractivity contribution in [2.45, 2.75) is 35.6 Å². The highest BCUT2D eigenvalue weighted by Gasteiger charge is 2.70. The molecule has 1 saturated heterocycles. The van der Waals surface area contributed by atoms with Crippen molar-refractivity contribution in [2.24, 2.45) is 29.6 Å². The van der Waals surface area contributed by atoms with Crippen LogP contribution < -0.4 is 14.9 Å². The van der Waals surface area contributed by atoms with Gasteiger partial charge in [0, 0.05) is 37.2 Å². The third kappa shape index (κ3) is 4.76. The molecule has 4 aromatic rings. The summed E-state index contributed by atoms with van der Waals surface area (Å²) >= 11 is 6.28. The number of benzene rings is 3. The number of fused-ring (bicyclic) bond motifs is 10. The number of nitrogens with one attached hydrogen (secondary N) is 2. The van der Waals surface area contributed by atoms with Gasteiger partial charge >= 0.3 is 10.8 Å². The molecule has 10 nitrogen and oxygen atoms in total. The number of amides is 3. The van der Waals surface area contributed by atoms with Crippen LogP contribution in [0.25, 0.3) is 10.8 Å². The van der Waals surface area contributed by atoms with E-state index < -0.39 is 35.7 Å². The molecule has 0 radical (unpaired) electrons. The minimum absolute atomic E-state index is 0.0812. The molecular weight excluding hydrogens is 706 g/mol. The largest absolute Gasteiger partial charge is 0.483 e. The first-order valence-corrected chi connectivity index (χ1v) is 17.8. The maximum Gasteiger partial charge on any atom is 0.326 e. The summed E-state index contributed by atoms with van der Waals surface area (Å²) in [6.45, 7) is 1.12. The molecule has 3 heterocycles. The van der Waals surface area contributed by atoms with E-state index in [4.69, 9.17) is 4.74 Å². The van der Waals surface area contributed by atoms with Crippen LogP contribution in [0, 0.1) is 29.6 Å². The molecule has 2 aliphatic carbocycles. The van der Waals surface area contributed by atoms with Crippen LogP contribution in [0.3, 0.4) is 0 Å². The molecule has 47 heavy (non-hydrogen) atoms. The Bertz CT molecular complexity index is 2060. The lowest BCUT2D eigenvalue weighted by molar-refractivity contribution is -0.154. The predicted molar refractivity (Wildman–Crippen MR) is 180 cm³/mol. The van der Waals surface area contributed by atoms with E-state index in [0.717, 1.165) is 46.9 Å². The van der Waals surface area contributed by atoms with Gasteiger partial charge in [-0.2, -0.15) is 0 Å². The lowest BCUT2D eigenvalue weighted by Crippen LogP contribution is -2.44. The number of hydrogen-bond acceptors (Lipinski definition) is 8. The molecule has 7 unspecified atom stereocenters. The summed E-state index contributed by atoms with van der Waals surface area (Å²) in [7, 11) is 0. The highest BCUT2D eigenvalue weighted by atomic mass is 79.9. The molecule has 3 N–H and O–H groups in total. The van der Waals surface area contributed by atoms with Gasteiger partial charge in [0.1, 0.15) is 11.8 Å². The molecule has 8 atom stereocenters. The molecule has 8 rings (SSSR count). The zero-order valence-corrected chi connectivity index (χ0v) is 28.1. The predicted octanol–water partition coefficient (Wildman–Crippen LogP) is 5.32. The number of aliphatic carboxylic acids is 1. The van der Waals surface area contributed by atoms with Gasteiger partial charge in [-0.15, -0.1) is 11.8 Å². The minimum Gasteiger partial charge on any atom is -0.483 e. The van der Waals surface area contributed by atoms with Crippen molar-refractivity contribution in [3.05, 3.63) is 85.2 Å². The molecule has 3 amide bonds. The summed E-state index contributed by atoms with van der Waals surface area (Å²) in [6, 6.07) is 17.8. The maximum absolute atomic E-state index is 13.7. The zero-order chi connectivity index (χ0) is 32.7. The molecule has 3 aromatic carbocycles. The Labute approximate surface area is 285 Å². The van der Waals surface area contributed by atoms with Crippen LogP contribution in [0.4, 0.5) is 5.69 Å². The first-order valence-electron chi connectivity index (χ1n) is 15.3. The number of H-pyrrole nitrogens is 1. The Balaban J connectivity index is 1.13. The Morgan fingerprint density at radius 3 is 2.60 bits per heavy atom. The zero-order valence-electron chi connectivity index (χ0n) is 24.8. The second-order valence-electron chi connectivity index (χ2n) is 12.6. The molecule has 2 saturated carbocycles. The fraction of sp³-hybridized carbons (Fsp3) is 0.324. The van der Waals surface area contributed by atoms with Crippen molar-refractivity contribution >= 4 is 79.2 Å². The molecule has 2 aliphatic heterocycles. The second-order valence-corrected chi connectivity index (χ2v) is 15.7. The van der Waals surface area contributed by atoms with Crippen molar-refractivity contribution in [2.75, 3.05) is 11.9 Å². The smallest absolute Gasteiger partial charge is 0.326 e. The van der Waals surface area contributed by atoms with E-state index in [1.165, 1.54) is 6.92 Å². The number of likely N-dealkylation sites (tertiary alicyclic amines) is 1. The van der Waals surface area contributed by atoms with Crippen LogP contribution in [0.2, 0.25) is 0 Å². The van der Waals surface area contributed by atoms with Gasteiger partial charge in [0.05, 0.1) is 16.9 Å². The number of aromatic nitrogens is 1. The number of thioether (sulfide) groups is 1. The molecular formula is C34H28BrN3O7S2. The molecule has 240 valence electrons. The SMILES string of the molecule is CC(C(=O)O)N1C(=O)C2C3CC(C2C1=O)C1C3Sc2[nH]c(=O)sc2[C@@H]1c1cc(Br)ccc1OCC(=O)Nc1cccc2ccccc12. The number of imide groups is 1. The molecule has 1 aromatic heterocycles. The third-order valence-electron chi connectivity index (χ3n) is 10.2. The summed E-state index contributed by atoms with van der Waals surface area (Å²) in [6.07, 6.45) is 0.664. The van der Waals surface area contributed by atoms with Crippen LogP contribution >= 0.6 is 39.0 Å². The molecule has 4 aliphatic rings. The van der Waals surface area contributed by atoms with Crippen LogP contribution in [-0.4, -0.2) is 56.6 Å². The van der Waals surface area contributed by atoms with E-state index in [1.807, 2.05) is 54.6 Å². The Morgan fingerprint density at radius 2 is 1.81 bits per heavy atom. The number of rotatable bonds is 7. The quantitative estimate of drug-likeness (QED) is 0.217. The number of carboxylic acids is 1. The number of ether oxygens (including phenoxy) is 1. The van der Waals surface area contributed by atoms with Gasteiger partial charge in [-0.25, -0.2) is 4.79 Å². The number of halogens is 1. The monoisotopic (exact) mass is 733 g/mol. The van der Waals surface area contributed by atoms with Crippen molar-refractivity contribution < 1.29 is 29.0 Å². The Hall–Kier alpha value is -3.94.